The largest absolute Gasteiger partial charge is 0.493 e. The lowest BCUT2D eigenvalue weighted by Gasteiger charge is -2.44. The highest BCUT2D eigenvalue weighted by Gasteiger charge is 2.43. The first kappa shape index (κ1) is 37.5. The van der Waals surface area contributed by atoms with Gasteiger partial charge >= 0.3 is 10.1 Å². The van der Waals surface area contributed by atoms with Crippen LogP contribution >= 0.6 is 0 Å². The molecule has 16 heteroatoms. The normalized spacial score (nSPS) is 16.1. The number of nitro benzene ring substituents is 1. The molecule has 1 fully saturated rings. The number of aliphatic imine (C=N–C) groups is 2. The van der Waals surface area contributed by atoms with E-state index in [0.29, 0.717) is 49.2 Å². The molecule has 9 rings (SSSR count). The summed E-state index contributed by atoms with van der Waals surface area (Å²) in [6.07, 6.45) is 0. The van der Waals surface area contributed by atoms with Crippen LogP contribution < -0.4 is 18.7 Å². The maximum Gasteiger partial charge on any atom is 0.339 e. The minimum Gasteiger partial charge on any atom is -0.493 e. The van der Waals surface area contributed by atoms with Crippen LogP contribution in [0.4, 0.5) is 33.0 Å². The molecule has 3 aliphatic heterocycles. The van der Waals surface area contributed by atoms with Gasteiger partial charge in [-0.1, -0.05) is 42.5 Å². The number of nitrogens with zero attached hydrogens (tertiary/aromatic N) is 8. The monoisotopic (exact) mass is 812 g/mol. The zero-order valence-corrected chi connectivity index (χ0v) is 33.0. The van der Waals surface area contributed by atoms with Gasteiger partial charge in [0.2, 0.25) is 0 Å². The number of hydrogen-bond acceptors (Lipinski definition) is 12. The van der Waals surface area contributed by atoms with Crippen LogP contribution in [0.3, 0.4) is 0 Å². The van der Waals surface area contributed by atoms with E-state index < -0.39 is 21.1 Å². The van der Waals surface area contributed by atoms with Crippen molar-refractivity contribution >= 4 is 50.4 Å². The average molecular weight is 813 g/mol. The third-order valence-corrected chi connectivity index (χ3v) is 12.0. The van der Waals surface area contributed by atoms with E-state index >= 15 is 0 Å². The van der Waals surface area contributed by atoms with Crippen LogP contribution in [0.15, 0.2) is 130 Å². The van der Waals surface area contributed by atoms with Crippen molar-refractivity contribution < 1.29 is 26.7 Å². The van der Waals surface area contributed by atoms with Crippen molar-refractivity contribution in [3.05, 3.63) is 154 Å². The number of hydrogen-bond donors (Lipinski definition) is 0. The Balaban J connectivity index is 1.15. The van der Waals surface area contributed by atoms with Gasteiger partial charge in [0.25, 0.3) is 5.69 Å². The van der Waals surface area contributed by atoms with E-state index in [4.69, 9.17) is 24.0 Å². The van der Waals surface area contributed by atoms with Crippen molar-refractivity contribution in [2.75, 3.05) is 43.1 Å². The van der Waals surface area contributed by atoms with E-state index in [1.807, 2.05) is 66.2 Å². The molecule has 0 spiro atoms. The fourth-order valence-electron chi connectivity index (χ4n) is 7.83. The molecule has 1 atom stereocenters. The molecule has 0 bridgehead atoms. The number of halogens is 1. The highest BCUT2D eigenvalue weighted by molar-refractivity contribution is 7.87. The first-order valence-corrected chi connectivity index (χ1v) is 20.3. The number of ether oxygens (including phenoxy) is 1. The number of piperazine rings is 1. The summed E-state index contributed by atoms with van der Waals surface area (Å²) >= 11 is 0. The lowest BCUT2D eigenvalue weighted by atomic mass is 9.93. The van der Waals surface area contributed by atoms with Gasteiger partial charge in [-0.05, 0) is 86.1 Å². The molecular formula is C43H37FN8O6S. The number of fused-ring (bicyclic) bond motifs is 4. The highest BCUT2D eigenvalue weighted by Crippen LogP contribution is 2.49. The molecule has 0 saturated carbocycles. The van der Waals surface area contributed by atoms with E-state index in [1.165, 1.54) is 44.4 Å². The molecule has 3 aliphatic rings. The molecule has 0 amide bonds. The number of amidine groups is 2. The van der Waals surface area contributed by atoms with Gasteiger partial charge in [-0.3, -0.25) is 10.1 Å². The fourth-order valence-corrected chi connectivity index (χ4v) is 8.80. The maximum atomic E-state index is 13.8. The maximum absolute atomic E-state index is 13.8. The molecular weight excluding hydrogens is 776 g/mol. The van der Waals surface area contributed by atoms with Crippen molar-refractivity contribution in [1.29, 1.82) is 0 Å². The van der Waals surface area contributed by atoms with Gasteiger partial charge in [-0.2, -0.15) is 13.5 Å². The lowest BCUT2D eigenvalue weighted by Crippen LogP contribution is -2.55. The summed E-state index contributed by atoms with van der Waals surface area (Å²) in [7, 11) is -3.09. The van der Waals surface area contributed by atoms with E-state index in [-0.39, 0.29) is 27.9 Å². The zero-order chi connectivity index (χ0) is 41.0. The highest BCUT2D eigenvalue weighted by atomic mass is 32.2. The average Bonchev–Trinajstić information content (AvgIpc) is 3.58. The van der Waals surface area contributed by atoms with Gasteiger partial charge in [0.05, 0.1) is 40.8 Å². The Kier molecular flexibility index (Phi) is 9.35. The molecule has 1 saturated heterocycles. The van der Waals surface area contributed by atoms with Gasteiger partial charge in [0, 0.05) is 49.1 Å². The number of para-hydroxylation sites is 3. The van der Waals surface area contributed by atoms with E-state index in [0.717, 1.165) is 45.6 Å². The molecule has 298 valence electrons. The number of rotatable bonds is 8. The predicted molar refractivity (Wildman–Crippen MR) is 222 cm³/mol. The summed E-state index contributed by atoms with van der Waals surface area (Å²) in [6.45, 7) is 6.06. The van der Waals surface area contributed by atoms with Crippen LogP contribution in [-0.4, -0.2) is 73.0 Å². The molecule has 0 unspecified atom stereocenters. The van der Waals surface area contributed by atoms with Gasteiger partial charge in [0.15, 0.2) is 29.0 Å². The quantitative estimate of drug-likeness (QED) is 0.0847. The molecule has 0 N–H and O–H groups in total. The summed E-state index contributed by atoms with van der Waals surface area (Å²) in [5.74, 6) is 1.66. The summed E-state index contributed by atoms with van der Waals surface area (Å²) in [5.41, 5.74) is 5.57. The van der Waals surface area contributed by atoms with Crippen LogP contribution in [0.5, 0.6) is 11.5 Å². The SMILES string of the molecule is COc1cc([C@H]2c3c(C)nn(-c4ccccc4)c3N=C3C(N4CCN(c5ccc(F)cc5)CC4)=Nc4ccccc4N32)ccc1OS(=O)(=O)c1ccc(C)c([N+](=O)[O-])c1. The van der Waals surface area contributed by atoms with Crippen molar-refractivity contribution in [2.24, 2.45) is 9.98 Å². The first-order chi connectivity index (χ1) is 28.5. The molecule has 59 heavy (non-hydrogen) atoms. The predicted octanol–water partition coefficient (Wildman–Crippen LogP) is 7.82. The van der Waals surface area contributed by atoms with Crippen molar-refractivity contribution in [3.8, 4) is 17.2 Å². The third kappa shape index (κ3) is 6.70. The van der Waals surface area contributed by atoms with Crippen LogP contribution in [0, 0.1) is 29.8 Å². The summed E-state index contributed by atoms with van der Waals surface area (Å²) in [6, 6.07) is 32.2. The molecule has 0 radical (unpaired) electrons. The topological polar surface area (TPSA) is 148 Å². The van der Waals surface area contributed by atoms with Crippen LogP contribution in [0.25, 0.3) is 5.69 Å². The van der Waals surface area contributed by atoms with Gasteiger partial charge in [0.1, 0.15) is 10.7 Å². The summed E-state index contributed by atoms with van der Waals surface area (Å²) in [5, 5.41) is 16.6. The molecule has 4 heterocycles. The van der Waals surface area contributed by atoms with Gasteiger partial charge in [-0.15, -0.1) is 0 Å². The van der Waals surface area contributed by atoms with Crippen LogP contribution in [0.2, 0.25) is 0 Å². The number of aryl methyl sites for hydroxylation is 2. The Hall–Kier alpha value is -7.07. The summed E-state index contributed by atoms with van der Waals surface area (Å²) in [4.78, 5) is 27.8. The van der Waals surface area contributed by atoms with E-state index in [1.54, 1.807) is 24.3 Å². The van der Waals surface area contributed by atoms with Crippen molar-refractivity contribution in [3.63, 3.8) is 0 Å². The lowest BCUT2D eigenvalue weighted by molar-refractivity contribution is -0.385. The molecule has 5 aromatic carbocycles. The van der Waals surface area contributed by atoms with E-state index in [9.17, 15) is 22.9 Å². The summed E-state index contributed by atoms with van der Waals surface area (Å²) < 4.78 is 54.1. The van der Waals surface area contributed by atoms with Gasteiger partial charge in [-0.25, -0.2) is 19.1 Å². The number of aromatic nitrogens is 2. The van der Waals surface area contributed by atoms with E-state index in [2.05, 4.69) is 14.7 Å². The van der Waals surface area contributed by atoms with Crippen molar-refractivity contribution in [2.45, 2.75) is 24.8 Å². The van der Waals surface area contributed by atoms with Crippen LogP contribution in [-0.2, 0) is 10.1 Å². The Morgan fingerprint density at radius 1 is 0.780 bits per heavy atom. The Labute approximate surface area is 339 Å². The number of methoxy groups -OCH3 is 1. The number of anilines is 2. The standard InChI is InChI=1S/C43H37FN8O6S/c1-27-13-19-33(26-36(27)52(53)54)59(55,56)58-37-20-14-29(25-38(37)57-3)40-39-28(2)47-51(32-9-5-4-6-10-32)41(39)46-43-42(45-34-11-7-8-12-35(34)50(40)43)49-23-21-48(22-24-49)31-17-15-30(44)16-18-31/h4-20,25-26,40H,21-24H2,1-3H3/t40-/m0/s1. The Morgan fingerprint density at radius 3 is 2.22 bits per heavy atom. The van der Waals surface area contributed by atoms with Crippen molar-refractivity contribution in [1.82, 2.24) is 14.7 Å². The molecule has 6 aromatic rings. The second kappa shape index (κ2) is 14.7. The number of benzene rings is 5. The second-order valence-corrected chi connectivity index (χ2v) is 15.9. The fraction of sp³-hybridized carbons (Fsp3) is 0.186. The minimum atomic E-state index is -4.51. The molecule has 1 aromatic heterocycles. The molecule has 0 aliphatic carbocycles. The zero-order valence-electron chi connectivity index (χ0n) is 32.2. The van der Waals surface area contributed by atoms with Gasteiger partial charge < -0.3 is 23.6 Å². The second-order valence-electron chi connectivity index (χ2n) is 14.3. The Bertz CT molecular complexity index is 2800. The smallest absolute Gasteiger partial charge is 0.339 e. The minimum absolute atomic E-state index is 0.0959. The molecule has 14 nitrogen and oxygen atoms in total. The number of nitro groups is 1. The Morgan fingerprint density at radius 2 is 1.49 bits per heavy atom. The first-order valence-electron chi connectivity index (χ1n) is 18.8. The third-order valence-electron chi connectivity index (χ3n) is 10.8. The van der Waals surface area contributed by atoms with Crippen LogP contribution in [0.1, 0.15) is 28.4 Å².